The van der Waals surface area contributed by atoms with Crippen molar-refractivity contribution < 1.29 is 19.0 Å². The first-order chi connectivity index (χ1) is 14.2. The van der Waals surface area contributed by atoms with Crippen LogP contribution in [-0.2, 0) is 17.8 Å². The maximum absolute atomic E-state index is 12.2. The molecule has 1 aromatic heterocycles. The lowest BCUT2D eigenvalue weighted by molar-refractivity contribution is -0.115. The molecule has 0 fully saturated rings. The average Bonchev–Trinajstić information content (AvgIpc) is 3.22. The first kappa shape index (κ1) is 18.6. The quantitative estimate of drug-likeness (QED) is 0.640. The van der Waals surface area contributed by atoms with Gasteiger partial charge < -0.3 is 24.8 Å². The fraction of sp³-hybridized carbons (Fsp3) is 0.182. The maximum atomic E-state index is 12.2. The van der Waals surface area contributed by atoms with Crippen molar-refractivity contribution in [3.8, 4) is 17.2 Å². The summed E-state index contributed by atoms with van der Waals surface area (Å²) in [6.45, 7) is 0.867. The molecular formula is C22H21N3O4. The molecule has 3 aromatic rings. The second-order valence-electron chi connectivity index (χ2n) is 6.55. The van der Waals surface area contributed by atoms with Crippen molar-refractivity contribution >= 4 is 17.4 Å². The smallest absolute Gasteiger partial charge is 0.231 e. The van der Waals surface area contributed by atoms with Crippen molar-refractivity contribution in [2.24, 2.45) is 0 Å². The van der Waals surface area contributed by atoms with Gasteiger partial charge in [-0.05, 0) is 47.5 Å². The van der Waals surface area contributed by atoms with Crippen LogP contribution in [0.3, 0.4) is 0 Å². The highest BCUT2D eigenvalue weighted by Gasteiger charge is 2.13. The topological polar surface area (TPSA) is 81.7 Å². The number of hydrogen-bond acceptors (Lipinski definition) is 6. The van der Waals surface area contributed by atoms with E-state index in [0.717, 1.165) is 34.2 Å². The Bertz CT molecular complexity index is 988. The van der Waals surface area contributed by atoms with Gasteiger partial charge in [-0.15, -0.1) is 0 Å². The summed E-state index contributed by atoms with van der Waals surface area (Å²) in [5, 5.41) is 6.11. The van der Waals surface area contributed by atoms with Gasteiger partial charge in [0.05, 0.1) is 25.4 Å². The highest BCUT2D eigenvalue weighted by atomic mass is 16.7. The van der Waals surface area contributed by atoms with Crippen molar-refractivity contribution in [1.82, 2.24) is 4.98 Å². The van der Waals surface area contributed by atoms with E-state index in [2.05, 4.69) is 15.6 Å². The lowest BCUT2D eigenvalue weighted by Crippen LogP contribution is -2.14. The molecule has 2 aromatic carbocycles. The van der Waals surface area contributed by atoms with E-state index in [1.807, 2.05) is 54.6 Å². The number of carbonyl (C=O) groups excluding carboxylic acids is 1. The zero-order valence-electron chi connectivity index (χ0n) is 16.0. The van der Waals surface area contributed by atoms with Crippen LogP contribution in [0.4, 0.5) is 11.5 Å². The summed E-state index contributed by atoms with van der Waals surface area (Å²) in [4.78, 5) is 16.6. The fourth-order valence-electron chi connectivity index (χ4n) is 2.95. The molecule has 0 unspecified atom stereocenters. The van der Waals surface area contributed by atoms with E-state index in [1.54, 1.807) is 13.3 Å². The number of benzene rings is 2. The number of methoxy groups -OCH3 is 1. The molecule has 1 amide bonds. The summed E-state index contributed by atoms with van der Waals surface area (Å²) in [5.41, 5.74) is 2.63. The van der Waals surface area contributed by atoms with Gasteiger partial charge in [0.1, 0.15) is 11.6 Å². The van der Waals surface area contributed by atoms with E-state index in [9.17, 15) is 4.79 Å². The summed E-state index contributed by atoms with van der Waals surface area (Å²) >= 11 is 0. The second-order valence-corrected chi connectivity index (χ2v) is 6.55. The molecule has 2 heterocycles. The molecule has 7 heteroatoms. The van der Waals surface area contributed by atoms with Crippen LogP contribution < -0.4 is 24.8 Å². The van der Waals surface area contributed by atoms with Crippen LogP contribution in [0.5, 0.6) is 17.2 Å². The number of nitrogens with one attached hydrogen (secondary N) is 2. The molecule has 1 aliphatic rings. The summed E-state index contributed by atoms with van der Waals surface area (Å²) in [7, 11) is 1.61. The predicted octanol–water partition coefficient (Wildman–Crippen LogP) is 3.61. The van der Waals surface area contributed by atoms with Crippen LogP contribution >= 0.6 is 0 Å². The molecule has 0 bridgehead atoms. The number of fused-ring (bicyclic) bond motifs is 1. The fourth-order valence-corrected chi connectivity index (χ4v) is 2.95. The van der Waals surface area contributed by atoms with Gasteiger partial charge in [0.2, 0.25) is 12.7 Å². The molecule has 1 aliphatic heterocycles. The number of pyridine rings is 1. The molecule has 0 saturated carbocycles. The lowest BCUT2D eigenvalue weighted by atomic mass is 10.1. The Balaban J connectivity index is 1.28. The molecule has 7 nitrogen and oxygen atoms in total. The molecular weight excluding hydrogens is 370 g/mol. The van der Waals surface area contributed by atoms with Crippen LogP contribution in [0.15, 0.2) is 60.8 Å². The number of hydrogen-bond donors (Lipinski definition) is 2. The van der Waals surface area contributed by atoms with Gasteiger partial charge in [0, 0.05) is 6.54 Å². The number of nitrogens with zero attached hydrogens (tertiary/aromatic N) is 1. The minimum atomic E-state index is -0.0990. The van der Waals surface area contributed by atoms with Crippen molar-refractivity contribution in [3.63, 3.8) is 0 Å². The third-order valence-electron chi connectivity index (χ3n) is 4.48. The van der Waals surface area contributed by atoms with Crippen LogP contribution in [-0.4, -0.2) is 24.8 Å². The third-order valence-corrected chi connectivity index (χ3v) is 4.48. The monoisotopic (exact) mass is 391 g/mol. The third kappa shape index (κ3) is 4.76. The molecule has 0 spiro atoms. The zero-order chi connectivity index (χ0) is 20.1. The number of ether oxygens (including phenoxy) is 3. The van der Waals surface area contributed by atoms with Crippen LogP contribution in [0.1, 0.15) is 11.1 Å². The van der Waals surface area contributed by atoms with Crippen molar-refractivity contribution in [3.05, 3.63) is 71.9 Å². The normalized spacial score (nSPS) is 11.8. The Morgan fingerprint density at radius 3 is 2.59 bits per heavy atom. The Labute approximate surface area is 168 Å². The first-order valence-electron chi connectivity index (χ1n) is 9.21. The Morgan fingerprint density at radius 1 is 1.03 bits per heavy atom. The number of rotatable bonds is 7. The number of anilines is 2. The molecule has 0 atom stereocenters. The van der Waals surface area contributed by atoms with Gasteiger partial charge in [-0.1, -0.05) is 18.2 Å². The Hall–Kier alpha value is -3.74. The maximum Gasteiger partial charge on any atom is 0.231 e. The number of amides is 1. The number of carbonyl (C=O) groups is 1. The first-order valence-corrected chi connectivity index (χ1v) is 9.21. The van der Waals surface area contributed by atoms with Crippen molar-refractivity contribution in [2.75, 3.05) is 24.5 Å². The zero-order valence-corrected chi connectivity index (χ0v) is 16.0. The number of aromatic nitrogens is 1. The Morgan fingerprint density at radius 2 is 1.83 bits per heavy atom. The van der Waals surface area contributed by atoms with Crippen LogP contribution in [0, 0.1) is 0 Å². The van der Waals surface area contributed by atoms with Gasteiger partial charge >= 0.3 is 0 Å². The lowest BCUT2D eigenvalue weighted by Gasteiger charge is -2.09. The summed E-state index contributed by atoms with van der Waals surface area (Å²) in [6, 6.07) is 16.9. The molecule has 0 aliphatic carbocycles. The van der Waals surface area contributed by atoms with E-state index in [1.165, 1.54) is 0 Å². The van der Waals surface area contributed by atoms with Crippen LogP contribution in [0.2, 0.25) is 0 Å². The largest absolute Gasteiger partial charge is 0.497 e. The highest BCUT2D eigenvalue weighted by Crippen LogP contribution is 2.32. The average molecular weight is 391 g/mol. The standard InChI is InChI=1S/C22H21N3O4/c1-27-18-6-2-15(3-7-18)11-22(26)25-17-5-9-21(24-13-17)23-12-16-4-8-19-20(10-16)29-14-28-19/h2-10,13H,11-12,14H2,1H3,(H,23,24)(H,25,26). The van der Waals surface area contributed by atoms with E-state index < -0.39 is 0 Å². The van der Waals surface area contributed by atoms with Crippen molar-refractivity contribution in [2.45, 2.75) is 13.0 Å². The molecule has 29 heavy (non-hydrogen) atoms. The minimum Gasteiger partial charge on any atom is -0.497 e. The van der Waals surface area contributed by atoms with Gasteiger partial charge in [-0.3, -0.25) is 4.79 Å². The summed E-state index contributed by atoms with van der Waals surface area (Å²) < 4.78 is 15.8. The van der Waals surface area contributed by atoms with Gasteiger partial charge in [-0.25, -0.2) is 4.98 Å². The van der Waals surface area contributed by atoms with Crippen molar-refractivity contribution in [1.29, 1.82) is 0 Å². The predicted molar refractivity (Wildman–Crippen MR) is 109 cm³/mol. The molecule has 4 rings (SSSR count). The minimum absolute atomic E-state index is 0.0990. The SMILES string of the molecule is COc1ccc(CC(=O)Nc2ccc(NCc3ccc4c(c3)OCO4)nc2)cc1. The molecule has 2 N–H and O–H groups in total. The van der Waals surface area contributed by atoms with E-state index in [-0.39, 0.29) is 19.1 Å². The van der Waals surface area contributed by atoms with Gasteiger partial charge in [0.25, 0.3) is 0 Å². The summed E-state index contributed by atoms with van der Waals surface area (Å²) in [5.74, 6) is 2.91. The van der Waals surface area contributed by atoms with Crippen LogP contribution in [0.25, 0.3) is 0 Å². The van der Waals surface area contributed by atoms with Gasteiger partial charge in [-0.2, -0.15) is 0 Å². The van der Waals surface area contributed by atoms with Gasteiger partial charge in [0.15, 0.2) is 11.5 Å². The van der Waals surface area contributed by atoms with E-state index in [0.29, 0.717) is 12.2 Å². The van der Waals surface area contributed by atoms with E-state index in [4.69, 9.17) is 14.2 Å². The molecule has 148 valence electrons. The second kappa shape index (κ2) is 8.52. The molecule has 0 radical (unpaired) electrons. The van der Waals surface area contributed by atoms with E-state index >= 15 is 0 Å². The highest BCUT2D eigenvalue weighted by molar-refractivity contribution is 5.92. The molecule has 0 saturated heterocycles. The summed E-state index contributed by atoms with van der Waals surface area (Å²) in [6.07, 6.45) is 1.92. The Kier molecular flexibility index (Phi) is 5.47.